The lowest BCUT2D eigenvalue weighted by Crippen LogP contribution is -1.90. The second-order valence-corrected chi connectivity index (χ2v) is 3.80. The summed E-state index contributed by atoms with van der Waals surface area (Å²) in [5.74, 6) is 0. The minimum absolute atomic E-state index is 0.831. The fourth-order valence-corrected chi connectivity index (χ4v) is 1.40. The SMILES string of the molecule is C=C/C=C(\C(=C)C(=C)C=C)c1ccccc1.C=CC.CC.CC. The van der Waals surface area contributed by atoms with Crippen LogP contribution in [0.3, 0.4) is 0 Å². The van der Waals surface area contributed by atoms with Crippen molar-refractivity contribution in [3.05, 3.63) is 104 Å². The Kier molecular flexibility index (Phi) is 21.9. The highest BCUT2D eigenvalue weighted by atomic mass is 14.1. The second kappa shape index (κ2) is 19.7. The summed E-state index contributed by atoms with van der Waals surface area (Å²) in [5.41, 5.74) is 3.84. The molecule has 0 radical (unpaired) electrons. The van der Waals surface area contributed by atoms with Crippen molar-refractivity contribution >= 4 is 5.57 Å². The van der Waals surface area contributed by atoms with Crippen molar-refractivity contribution in [3.8, 4) is 0 Å². The van der Waals surface area contributed by atoms with Crippen molar-refractivity contribution < 1.29 is 0 Å². The van der Waals surface area contributed by atoms with E-state index in [1.165, 1.54) is 0 Å². The molecule has 1 rings (SSSR count). The number of benzene rings is 1. The zero-order valence-electron chi connectivity index (χ0n) is 15.7. The molecule has 0 saturated heterocycles. The van der Waals surface area contributed by atoms with E-state index in [2.05, 4.69) is 32.9 Å². The molecule has 0 unspecified atom stereocenters. The zero-order chi connectivity index (χ0) is 18.7. The third-order valence-electron chi connectivity index (χ3n) is 2.33. The first kappa shape index (κ1) is 25.6. The van der Waals surface area contributed by atoms with Crippen molar-refractivity contribution in [2.75, 3.05) is 0 Å². The predicted molar refractivity (Wildman–Crippen MR) is 112 cm³/mol. The Morgan fingerprint density at radius 3 is 1.65 bits per heavy atom. The minimum atomic E-state index is 0.831. The maximum absolute atomic E-state index is 4.03. The van der Waals surface area contributed by atoms with Gasteiger partial charge in [0.2, 0.25) is 0 Å². The third kappa shape index (κ3) is 11.9. The van der Waals surface area contributed by atoms with E-state index in [1.54, 1.807) is 18.2 Å². The number of hydrogen-bond acceptors (Lipinski definition) is 0. The summed E-state index contributed by atoms with van der Waals surface area (Å²) < 4.78 is 0. The molecule has 0 heteroatoms. The van der Waals surface area contributed by atoms with E-state index in [0.29, 0.717) is 0 Å². The van der Waals surface area contributed by atoms with Crippen LogP contribution in [0.4, 0.5) is 0 Å². The van der Waals surface area contributed by atoms with Gasteiger partial charge in [-0.15, -0.1) is 6.58 Å². The van der Waals surface area contributed by atoms with Gasteiger partial charge in [-0.25, -0.2) is 0 Å². The molecule has 0 spiro atoms. The summed E-state index contributed by atoms with van der Waals surface area (Å²) in [5, 5.41) is 0. The molecule has 23 heavy (non-hydrogen) atoms. The lowest BCUT2D eigenvalue weighted by molar-refractivity contribution is 1.50. The summed E-state index contributed by atoms with van der Waals surface area (Å²) >= 11 is 0. The summed E-state index contributed by atoms with van der Waals surface area (Å²) in [7, 11) is 0. The van der Waals surface area contributed by atoms with Crippen molar-refractivity contribution in [1.29, 1.82) is 0 Å². The van der Waals surface area contributed by atoms with Gasteiger partial charge in [-0.2, -0.15) is 0 Å². The maximum atomic E-state index is 4.03. The van der Waals surface area contributed by atoms with E-state index in [-0.39, 0.29) is 0 Å². The van der Waals surface area contributed by atoms with Gasteiger partial charge in [0.25, 0.3) is 0 Å². The molecule has 0 heterocycles. The average molecular weight is 311 g/mol. The molecule has 0 aromatic heterocycles. The molecule has 0 fully saturated rings. The topological polar surface area (TPSA) is 0 Å². The van der Waals surface area contributed by atoms with Crippen LogP contribution in [0.5, 0.6) is 0 Å². The first-order valence-corrected chi connectivity index (χ1v) is 8.08. The van der Waals surface area contributed by atoms with Crippen LogP contribution >= 0.6 is 0 Å². The molecule has 1 aromatic rings. The Bertz CT molecular complexity index is 484. The first-order chi connectivity index (χ1) is 11.1. The van der Waals surface area contributed by atoms with E-state index in [0.717, 1.165) is 22.3 Å². The van der Waals surface area contributed by atoms with Crippen LogP contribution in [-0.4, -0.2) is 0 Å². The summed E-state index contributed by atoms with van der Waals surface area (Å²) in [6.45, 7) is 28.6. The highest BCUT2D eigenvalue weighted by Gasteiger charge is 2.05. The highest BCUT2D eigenvalue weighted by Crippen LogP contribution is 2.26. The van der Waals surface area contributed by atoms with Crippen LogP contribution in [-0.2, 0) is 0 Å². The quantitative estimate of drug-likeness (QED) is 0.384. The van der Waals surface area contributed by atoms with E-state index in [9.17, 15) is 0 Å². The number of allylic oxidation sites excluding steroid dienone is 7. The molecule has 0 aliphatic carbocycles. The summed E-state index contributed by atoms with van der Waals surface area (Å²) in [6.07, 6.45) is 7.15. The Labute approximate surface area is 145 Å². The summed E-state index contributed by atoms with van der Waals surface area (Å²) in [6, 6.07) is 10.1. The largest absolute Gasteiger partial charge is 0.103 e. The molecule has 0 aliphatic heterocycles. The van der Waals surface area contributed by atoms with Gasteiger partial charge in [-0.05, 0) is 29.2 Å². The lowest BCUT2D eigenvalue weighted by atomic mass is 9.94. The third-order valence-corrected chi connectivity index (χ3v) is 2.33. The van der Waals surface area contributed by atoms with Crippen LogP contribution in [0.1, 0.15) is 40.2 Å². The zero-order valence-corrected chi connectivity index (χ0v) is 15.7. The van der Waals surface area contributed by atoms with Gasteiger partial charge >= 0.3 is 0 Å². The van der Waals surface area contributed by atoms with E-state index < -0.39 is 0 Å². The molecule has 0 nitrogen and oxygen atoms in total. The minimum Gasteiger partial charge on any atom is -0.103 e. The Balaban J connectivity index is -0.000000496. The van der Waals surface area contributed by atoms with Crippen LogP contribution in [0.15, 0.2) is 98.7 Å². The monoisotopic (exact) mass is 310 g/mol. The van der Waals surface area contributed by atoms with Crippen molar-refractivity contribution in [2.24, 2.45) is 0 Å². The predicted octanol–water partition coefficient (Wildman–Crippen LogP) is 7.80. The molecule has 126 valence electrons. The smallest absolute Gasteiger partial charge is 0.0112 e. The van der Waals surface area contributed by atoms with Crippen LogP contribution in [0.2, 0.25) is 0 Å². The molecule has 0 N–H and O–H groups in total. The molecular weight excluding hydrogens is 276 g/mol. The Morgan fingerprint density at radius 1 is 0.870 bits per heavy atom. The normalized spacial score (nSPS) is 8.48. The lowest BCUT2D eigenvalue weighted by Gasteiger charge is -2.10. The molecule has 1 aromatic carbocycles. The molecule has 0 atom stereocenters. The van der Waals surface area contributed by atoms with E-state index in [1.807, 2.05) is 71.0 Å². The van der Waals surface area contributed by atoms with E-state index in [4.69, 9.17) is 0 Å². The van der Waals surface area contributed by atoms with Crippen LogP contribution in [0.25, 0.3) is 5.57 Å². The van der Waals surface area contributed by atoms with Gasteiger partial charge < -0.3 is 0 Å². The first-order valence-electron chi connectivity index (χ1n) is 8.08. The number of rotatable bonds is 5. The van der Waals surface area contributed by atoms with Gasteiger partial charge in [0.1, 0.15) is 0 Å². The molecule has 0 saturated carbocycles. The van der Waals surface area contributed by atoms with Gasteiger partial charge in [-0.1, -0.05) is 109 Å². The van der Waals surface area contributed by atoms with Gasteiger partial charge in [-0.3, -0.25) is 0 Å². The average Bonchev–Trinajstić information content (AvgIpc) is 2.63. The van der Waals surface area contributed by atoms with Crippen LogP contribution < -0.4 is 0 Å². The standard InChI is InChI=1S/C16H16.C3H6.2C2H6/c1-5-10-16(14(4)13(3)6-2)15-11-8-7-9-12-15;1-3-2;2*1-2/h5-12H,1-4H2;3H,1H2,2H3;2*1-2H3/b16-10+;;;. The molecule has 0 bridgehead atoms. The fraction of sp³-hybridized carbons (Fsp3) is 0.217. The Hall–Kier alpha value is -2.34. The molecule has 0 aliphatic rings. The van der Waals surface area contributed by atoms with Crippen LogP contribution in [0, 0.1) is 0 Å². The van der Waals surface area contributed by atoms with Gasteiger partial charge in [0, 0.05) is 0 Å². The Morgan fingerprint density at radius 2 is 1.30 bits per heavy atom. The van der Waals surface area contributed by atoms with Gasteiger partial charge in [0.05, 0.1) is 0 Å². The highest BCUT2D eigenvalue weighted by molar-refractivity contribution is 5.84. The summed E-state index contributed by atoms with van der Waals surface area (Å²) in [4.78, 5) is 0. The fourth-order valence-electron chi connectivity index (χ4n) is 1.40. The molecule has 0 amide bonds. The molecular formula is C23H34. The van der Waals surface area contributed by atoms with Crippen molar-refractivity contribution in [2.45, 2.75) is 34.6 Å². The number of hydrogen-bond donors (Lipinski definition) is 0. The van der Waals surface area contributed by atoms with Crippen molar-refractivity contribution in [3.63, 3.8) is 0 Å². The maximum Gasteiger partial charge on any atom is -0.0112 e. The second-order valence-electron chi connectivity index (χ2n) is 3.80. The van der Waals surface area contributed by atoms with E-state index >= 15 is 0 Å². The van der Waals surface area contributed by atoms with Crippen molar-refractivity contribution in [1.82, 2.24) is 0 Å². The van der Waals surface area contributed by atoms with Gasteiger partial charge in [0.15, 0.2) is 0 Å².